The van der Waals surface area contributed by atoms with Crippen molar-refractivity contribution in [2.24, 2.45) is 11.8 Å². The Bertz CT molecular complexity index is 614. The molecular weight excluding hydrogens is 308 g/mol. The van der Waals surface area contributed by atoms with Gasteiger partial charge in [-0.1, -0.05) is 13.8 Å². The van der Waals surface area contributed by atoms with Crippen LogP contribution in [0, 0.1) is 18.8 Å². The van der Waals surface area contributed by atoms with Crippen molar-refractivity contribution in [1.82, 2.24) is 9.88 Å². The highest BCUT2D eigenvalue weighted by atomic mass is 32.2. The van der Waals surface area contributed by atoms with Crippen LogP contribution < -0.4 is 0 Å². The average Bonchev–Trinajstić information content (AvgIpc) is 2.83. The number of hydrogen-bond acceptors (Lipinski definition) is 5. The van der Waals surface area contributed by atoms with E-state index in [1.807, 2.05) is 0 Å². The minimum absolute atomic E-state index is 0.0407. The maximum Gasteiger partial charge on any atom is 0.241 e. The van der Waals surface area contributed by atoms with Gasteiger partial charge in [-0.15, -0.1) is 11.3 Å². The van der Waals surface area contributed by atoms with Crippen LogP contribution in [0.2, 0.25) is 0 Å². The predicted molar refractivity (Wildman–Crippen MR) is 83.0 cm³/mol. The van der Waals surface area contributed by atoms with E-state index in [4.69, 9.17) is 0 Å². The van der Waals surface area contributed by atoms with E-state index in [9.17, 15) is 13.2 Å². The van der Waals surface area contributed by atoms with Gasteiger partial charge in [-0.05, 0) is 32.1 Å². The predicted octanol–water partition coefficient (Wildman–Crippen LogP) is 2.12. The normalized spacial score (nSPS) is 24.9. The first-order chi connectivity index (χ1) is 9.71. The summed E-state index contributed by atoms with van der Waals surface area (Å²) in [7, 11) is -3.69. The van der Waals surface area contributed by atoms with Gasteiger partial charge in [0.2, 0.25) is 20.1 Å². The van der Waals surface area contributed by atoms with Gasteiger partial charge in [0, 0.05) is 24.2 Å². The molecule has 0 unspecified atom stereocenters. The fourth-order valence-electron chi connectivity index (χ4n) is 2.85. The molecule has 1 aromatic heterocycles. The number of sulfone groups is 1. The molecule has 1 aromatic rings. The van der Waals surface area contributed by atoms with E-state index in [1.54, 1.807) is 17.2 Å². The number of amides is 1. The summed E-state index contributed by atoms with van der Waals surface area (Å²) in [6.45, 7) is 8.69. The second kappa shape index (κ2) is 6.04. The Morgan fingerprint density at radius 1 is 1.38 bits per heavy atom. The standard InChI is InChI=1S/C14H22N2O3S2/c1-9-5-10(2)7-16(6-9)13(17)12(4)21(18,19)14-15-11(3)8-20-14/h8-10,12H,5-7H2,1-4H3/t9-,10-,12-/m1/s1. The molecule has 0 aromatic carbocycles. The number of aromatic nitrogens is 1. The molecule has 1 aliphatic rings. The Balaban J connectivity index is 2.19. The third kappa shape index (κ3) is 3.45. The van der Waals surface area contributed by atoms with Crippen molar-refractivity contribution in [3.63, 3.8) is 0 Å². The van der Waals surface area contributed by atoms with Crippen molar-refractivity contribution < 1.29 is 13.2 Å². The van der Waals surface area contributed by atoms with Gasteiger partial charge in [-0.2, -0.15) is 0 Å². The molecule has 0 radical (unpaired) electrons. The average molecular weight is 330 g/mol. The van der Waals surface area contributed by atoms with E-state index in [0.29, 0.717) is 30.6 Å². The summed E-state index contributed by atoms with van der Waals surface area (Å²) in [6.07, 6.45) is 1.08. The molecule has 1 saturated heterocycles. The summed E-state index contributed by atoms with van der Waals surface area (Å²) >= 11 is 1.08. The van der Waals surface area contributed by atoms with E-state index in [-0.39, 0.29) is 10.2 Å². The molecule has 21 heavy (non-hydrogen) atoms. The minimum Gasteiger partial charge on any atom is -0.341 e. The number of carbonyl (C=O) groups excluding carboxylic acids is 1. The number of hydrogen-bond donors (Lipinski definition) is 0. The number of rotatable bonds is 3. The Morgan fingerprint density at radius 2 is 1.95 bits per heavy atom. The zero-order valence-electron chi connectivity index (χ0n) is 12.9. The zero-order chi connectivity index (χ0) is 15.8. The molecule has 5 nitrogen and oxygen atoms in total. The molecular formula is C14H22N2O3S2. The Hall–Kier alpha value is -0.950. The Kier molecular flexibility index (Phi) is 4.72. The van der Waals surface area contributed by atoms with Crippen molar-refractivity contribution in [2.75, 3.05) is 13.1 Å². The second-order valence-electron chi connectivity index (χ2n) is 6.13. The van der Waals surface area contributed by atoms with Gasteiger partial charge in [0.05, 0.1) is 0 Å². The Morgan fingerprint density at radius 3 is 2.43 bits per heavy atom. The SMILES string of the molecule is Cc1csc(S(=O)(=O)[C@H](C)C(=O)N2C[C@H](C)C[C@@H](C)C2)n1. The van der Waals surface area contributed by atoms with E-state index in [1.165, 1.54) is 6.92 Å². The van der Waals surface area contributed by atoms with E-state index < -0.39 is 15.1 Å². The summed E-state index contributed by atoms with van der Waals surface area (Å²) in [4.78, 5) is 18.3. The lowest BCUT2D eigenvalue weighted by Crippen LogP contribution is -2.48. The van der Waals surface area contributed by atoms with Crippen LogP contribution >= 0.6 is 11.3 Å². The lowest BCUT2D eigenvalue weighted by atomic mass is 9.92. The van der Waals surface area contributed by atoms with E-state index in [2.05, 4.69) is 18.8 Å². The fourth-order valence-corrected chi connectivity index (χ4v) is 5.47. The fraction of sp³-hybridized carbons (Fsp3) is 0.714. The first-order valence-corrected chi connectivity index (χ1v) is 9.59. The first-order valence-electron chi connectivity index (χ1n) is 7.16. The third-order valence-corrected chi connectivity index (χ3v) is 7.28. The minimum atomic E-state index is -3.69. The van der Waals surface area contributed by atoms with Crippen LogP contribution in [0.15, 0.2) is 9.72 Å². The Labute approximate surface area is 130 Å². The summed E-state index contributed by atoms with van der Waals surface area (Å²) in [5.41, 5.74) is 0.665. The highest BCUT2D eigenvalue weighted by Gasteiger charge is 2.37. The molecule has 1 aliphatic heterocycles. The molecule has 0 aliphatic carbocycles. The van der Waals surface area contributed by atoms with E-state index in [0.717, 1.165) is 17.8 Å². The number of carbonyl (C=O) groups is 1. The molecule has 0 saturated carbocycles. The van der Waals surface area contributed by atoms with Gasteiger partial charge in [0.1, 0.15) is 5.25 Å². The second-order valence-corrected chi connectivity index (χ2v) is 9.43. The number of nitrogens with zero attached hydrogens (tertiary/aromatic N) is 2. The van der Waals surface area contributed by atoms with Crippen molar-refractivity contribution in [3.8, 4) is 0 Å². The van der Waals surface area contributed by atoms with Crippen LogP contribution in [-0.2, 0) is 14.6 Å². The van der Waals surface area contributed by atoms with Gasteiger partial charge in [-0.3, -0.25) is 4.79 Å². The van der Waals surface area contributed by atoms with Gasteiger partial charge < -0.3 is 4.90 Å². The maximum atomic E-state index is 12.5. The van der Waals surface area contributed by atoms with Crippen LogP contribution in [0.3, 0.4) is 0 Å². The van der Waals surface area contributed by atoms with Gasteiger partial charge >= 0.3 is 0 Å². The zero-order valence-corrected chi connectivity index (χ0v) is 14.5. The largest absolute Gasteiger partial charge is 0.341 e. The summed E-state index contributed by atoms with van der Waals surface area (Å²) in [5.74, 6) is 0.519. The lowest BCUT2D eigenvalue weighted by molar-refractivity contribution is -0.133. The molecule has 1 amide bonds. The van der Waals surface area contributed by atoms with Crippen LogP contribution in [0.4, 0.5) is 0 Å². The number of likely N-dealkylation sites (tertiary alicyclic amines) is 1. The van der Waals surface area contributed by atoms with Crippen molar-refractivity contribution in [1.29, 1.82) is 0 Å². The smallest absolute Gasteiger partial charge is 0.241 e. The number of aryl methyl sites for hydroxylation is 1. The molecule has 118 valence electrons. The topological polar surface area (TPSA) is 67.3 Å². The number of piperidine rings is 1. The molecule has 0 bridgehead atoms. The summed E-state index contributed by atoms with van der Waals surface area (Å²) < 4.78 is 25.0. The lowest BCUT2D eigenvalue weighted by Gasteiger charge is -2.36. The maximum absolute atomic E-state index is 12.5. The molecule has 2 rings (SSSR count). The van der Waals surface area contributed by atoms with Gasteiger partial charge in [-0.25, -0.2) is 13.4 Å². The molecule has 0 N–H and O–H groups in total. The number of thiazole rings is 1. The molecule has 0 spiro atoms. The van der Waals surface area contributed by atoms with Crippen molar-refractivity contribution in [2.45, 2.75) is 43.7 Å². The van der Waals surface area contributed by atoms with Crippen LogP contribution in [0.1, 0.15) is 32.9 Å². The third-order valence-electron chi connectivity index (χ3n) is 3.84. The highest BCUT2D eigenvalue weighted by molar-refractivity contribution is 7.94. The first kappa shape index (κ1) is 16.4. The van der Waals surface area contributed by atoms with Crippen LogP contribution in [-0.4, -0.2) is 42.5 Å². The summed E-state index contributed by atoms with van der Waals surface area (Å²) in [6, 6.07) is 0. The van der Waals surface area contributed by atoms with Crippen LogP contribution in [0.25, 0.3) is 0 Å². The quantitative estimate of drug-likeness (QED) is 0.851. The molecule has 7 heteroatoms. The van der Waals surface area contributed by atoms with Crippen LogP contribution in [0.5, 0.6) is 0 Å². The summed E-state index contributed by atoms with van der Waals surface area (Å²) in [5, 5.41) is 0.621. The van der Waals surface area contributed by atoms with Crippen molar-refractivity contribution >= 4 is 27.1 Å². The molecule has 3 atom stereocenters. The molecule has 1 fully saturated rings. The van der Waals surface area contributed by atoms with Gasteiger partial charge in [0.25, 0.3) is 0 Å². The van der Waals surface area contributed by atoms with E-state index >= 15 is 0 Å². The van der Waals surface area contributed by atoms with Crippen molar-refractivity contribution in [3.05, 3.63) is 11.1 Å². The van der Waals surface area contributed by atoms with Gasteiger partial charge in [0.15, 0.2) is 0 Å². The molecule has 2 heterocycles. The monoisotopic (exact) mass is 330 g/mol. The highest BCUT2D eigenvalue weighted by Crippen LogP contribution is 2.25.